The lowest BCUT2D eigenvalue weighted by atomic mass is 10.3. The number of ether oxygens (including phenoxy) is 1. The molecular formula is C11H16N2O4S. The number of nitrogens with one attached hydrogen (secondary N) is 2. The van der Waals surface area contributed by atoms with Crippen molar-refractivity contribution in [1.29, 1.82) is 0 Å². The summed E-state index contributed by atoms with van der Waals surface area (Å²) in [7, 11) is 1.55. The highest BCUT2D eigenvalue weighted by atomic mass is 32.1. The van der Waals surface area contributed by atoms with Crippen molar-refractivity contribution in [2.45, 2.75) is 6.42 Å². The third kappa shape index (κ3) is 5.76. The third-order valence-electron chi connectivity index (χ3n) is 2.00. The molecule has 2 amide bonds. The van der Waals surface area contributed by atoms with E-state index in [0.29, 0.717) is 18.8 Å². The van der Waals surface area contributed by atoms with E-state index in [1.165, 1.54) is 11.3 Å². The van der Waals surface area contributed by atoms with Crippen LogP contribution in [0.1, 0.15) is 16.8 Å². The average Bonchev–Trinajstić information content (AvgIpc) is 2.88. The first-order chi connectivity index (χ1) is 8.74. The minimum Gasteiger partial charge on any atom is -0.382 e. The molecule has 1 aromatic rings. The van der Waals surface area contributed by atoms with Crippen LogP contribution in [0, 0.1) is 0 Å². The van der Waals surface area contributed by atoms with Crippen molar-refractivity contribution in [3.8, 4) is 0 Å². The van der Waals surface area contributed by atoms with Crippen LogP contribution < -0.4 is 10.8 Å². The number of rotatable bonds is 8. The zero-order valence-corrected chi connectivity index (χ0v) is 10.9. The van der Waals surface area contributed by atoms with Gasteiger partial charge in [-0.15, -0.1) is 0 Å². The van der Waals surface area contributed by atoms with Gasteiger partial charge in [-0.3, -0.25) is 14.4 Å². The summed E-state index contributed by atoms with van der Waals surface area (Å²) in [5, 5.41) is 6.22. The maximum absolute atomic E-state index is 11.5. The molecule has 0 aromatic carbocycles. The predicted molar refractivity (Wildman–Crippen MR) is 67.2 cm³/mol. The van der Waals surface area contributed by atoms with E-state index < -0.39 is 0 Å². The van der Waals surface area contributed by atoms with Crippen LogP contribution in [0.15, 0.2) is 16.8 Å². The van der Waals surface area contributed by atoms with E-state index in [4.69, 9.17) is 9.57 Å². The summed E-state index contributed by atoms with van der Waals surface area (Å²) in [6.07, 6.45) is 0.170. The Kier molecular flexibility index (Phi) is 7.00. The van der Waals surface area contributed by atoms with Crippen molar-refractivity contribution >= 4 is 23.2 Å². The molecule has 2 N–H and O–H groups in total. The minimum atomic E-state index is -0.281. The smallest absolute Gasteiger partial charge is 0.252 e. The highest BCUT2D eigenvalue weighted by molar-refractivity contribution is 7.08. The summed E-state index contributed by atoms with van der Waals surface area (Å²) in [5.41, 5.74) is 2.87. The Labute approximate surface area is 109 Å². The summed E-state index contributed by atoms with van der Waals surface area (Å²) < 4.78 is 4.75. The number of methoxy groups -OCH3 is 1. The molecule has 0 saturated carbocycles. The molecule has 0 spiro atoms. The number of amides is 2. The first-order valence-electron chi connectivity index (χ1n) is 5.44. The van der Waals surface area contributed by atoms with Crippen LogP contribution in [0.25, 0.3) is 0 Å². The van der Waals surface area contributed by atoms with E-state index in [9.17, 15) is 9.59 Å². The van der Waals surface area contributed by atoms with Crippen LogP contribution in [0.5, 0.6) is 0 Å². The van der Waals surface area contributed by atoms with Crippen LogP contribution in [-0.2, 0) is 14.4 Å². The van der Waals surface area contributed by atoms with Gasteiger partial charge in [0.1, 0.15) is 0 Å². The van der Waals surface area contributed by atoms with Gasteiger partial charge in [-0.1, -0.05) is 0 Å². The topological polar surface area (TPSA) is 76.7 Å². The van der Waals surface area contributed by atoms with Crippen LogP contribution in [0.2, 0.25) is 0 Å². The normalized spacial score (nSPS) is 10.1. The molecule has 0 saturated heterocycles. The van der Waals surface area contributed by atoms with Gasteiger partial charge >= 0.3 is 0 Å². The van der Waals surface area contributed by atoms with Crippen molar-refractivity contribution in [2.75, 3.05) is 26.9 Å². The lowest BCUT2D eigenvalue weighted by molar-refractivity contribution is -0.134. The van der Waals surface area contributed by atoms with Crippen molar-refractivity contribution in [2.24, 2.45) is 0 Å². The van der Waals surface area contributed by atoms with Gasteiger partial charge in [-0.2, -0.15) is 11.3 Å². The first-order valence-corrected chi connectivity index (χ1v) is 6.38. The summed E-state index contributed by atoms with van der Waals surface area (Å²) in [5.74, 6) is -0.457. The molecule has 0 unspecified atom stereocenters. The van der Waals surface area contributed by atoms with Gasteiger partial charge in [-0.25, -0.2) is 5.48 Å². The summed E-state index contributed by atoms with van der Waals surface area (Å²) in [6, 6.07) is 1.73. The maximum atomic E-state index is 11.5. The Morgan fingerprint density at radius 2 is 2.22 bits per heavy atom. The quantitative estimate of drug-likeness (QED) is 0.535. The van der Waals surface area contributed by atoms with Crippen molar-refractivity contribution < 1.29 is 19.2 Å². The van der Waals surface area contributed by atoms with E-state index in [1.807, 2.05) is 5.38 Å². The van der Waals surface area contributed by atoms with Crippen LogP contribution >= 0.6 is 11.3 Å². The van der Waals surface area contributed by atoms with Gasteiger partial charge in [0.15, 0.2) is 0 Å². The van der Waals surface area contributed by atoms with Gasteiger partial charge in [0, 0.05) is 31.0 Å². The van der Waals surface area contributed by atoms with Crippen molar-refractivity contribution in [3.05, 3.63) is 22.4 Å². The molecule has 7 heteroatoms. The van der Waals surface area contributed by atoms with Gasteiger partial charge in [0.2, 0.25) is 5.91 Å². The Hall–Kier alpha value is -1.44. The molecule has 1 heterocycles. The molecule has 1 aromatic heterocycles. The van der Waals surface area contributed by atoms with Crippen LogP contribution in [0.4, 0.5) is 0 Å². The third-order valence-corrected chi connectivity index (χ3v) is 2.68. The Balaban J connectivity index is 2.07. The molecule has 1 rings (SSSR count). The molecule has 0 aliphatic carbocycles. The molecule has 0 aliphatic heterocycles. The Bertz CT molecular complexity index is 367. The molecule has 0 aliphatic rings. The van der Waals surface area contributed by atoms with Gasteiger partial charge in [0.05, 0.1) is 13.2 Å². The molecule has 0 atom stereocenters. The molecule has 0 fully saturated rings. The molecule has 0 radical (unpaired) electrons. The second kappa shape index (κ2) is 8.62. The molecule has 100 valence electrons. The minimum absolute atomic E-state index is 0.170. The lowest BCUT2D eigenvalue weighted by Gasteiger charge is -2.06. The van der Waals surface area contributed by atoms with Gasteiger partial charge < -0.3 is 10.1 Å². The highest BCUT2D eigenvalue weighted by Crippen LogP contribution is 2.04. The molecular weight excluding hydrogens is 256 g/mol. The number of carbonyl (C=O) groups is 2. The average molecular weight is 272 g/mol. The summed E-state index contributed by atoms with van der Waals surface area (Å²) in [6.45, 7) is 0.979. The predicted octanol–water partition coefficient (Wildman–Crippen LogP) is 0.562. The van der Waals surface area contributed by atoms with E-state index in [1.54, 1.807) is 18.6 Å². The fourth-order valence-electron chi connectivity index (χ4n) is 1.09. The van der Waals surface area contributed by atoms with E-state index in [0.717, 1.165) is 0 Å². The molecule has 6 nitrogen and oxygen atoms in total. The van der Waals surface area contributed by atoms with Gasteiger partial charge in [-0.05, 0) is 11.4 Å². The van der Waals surface area contributed by atoms with E-state index >= 15 is 0 Å². The van der Waals surface area contributed by atoms with Crippen molar-refractivity contribution in [1.82, 2.24) is 10.8 Å². The maximum Gasteiger partial charge on any atom is 0.252 e. The van der Waals surface area contributed by atoms with Crippen LogP contribution in [0.3, 0.4) is 0 Å². The summed E-state index contributed by atoms with van der Waals surface area (Å²) in [4.78, 5) is 27.6. The van der Waals surface area contributed by atoms with Crippen LogP contribution in [-0.4, -0.2) is 38.7 Å². The Morgan fingerprint density at radius 3 is 2.89 bits per heavy atom. The SMILES string of the molecule is COCCONC(=O)CCNC(=O)c1ccsc1. The number of carbonyl (C=O) groups excluding carboxylic acids is 2. The zero-order chi connectivity index (χ0) is 13.2. The van der Waals surface area contributed by atoms with E-state index in [-0.39, 0.29) is 24.8 Å². The largest absolute Gasteiger partial charge is 0.382 e. The first kappa shape index (κ1) is 14.6. The second-order valence-electron chi connectivity index (χ2n) is 3.38. The zero-order valence-electron chi connectivity index (χ0n) is 10.1. The fourth-order valence-corrected chi connectivity index (χ4v) is 1.73. The van der Waals surface area contributed by atoms with Crippen molar-refractivity contribution in [3.63, 3.8) is 0 Å². The highest BCUT2D eigenvalue weighted by Gasteiger charge is 2.06. The Morgan fingerprint density at radius 1 is 1.39 bits per heavy atom. The molecule has 18 heavy (non-hydrogen) atoms. The molecule has 0 bridgehead atoms. The monoisotopic (exact) mass is 272 g/mol. The second-order valence-corrected chi connectivity index (χ2v) is 4.16. The van der Waals surface area contributed by atoms with E-state index in [2.05, 4.69) is 10.8 Å². The fraction of sp³-hybridized carbons (Fsp3) is 0.455. The number of hydrogen-bond acceptors (Lipinski definition) is 5. The number of hydroxylamine groups is 1. The summed E-state index contributed by atoms with van der Waals surface area (Å²) >= 11 is 1.45. The number of hydrogen-bond donors (Lipinski definition) is 2. The standard InChI is InChI=1S/C11H16N2O4S/c1-16-5-6-17-13-10(14)2-4-12-11(15)9-3-7-18-8-9/h3,7-8H,2,4-6H2,1H3,(H,12,15)(H,13,14). The van der Waals surface area contributed by atoms with Gasteiger partial charge in [0.25, 0.3) is 5.91 Å². The number of thiophene rings is 1. The lowest BCUT2D eigenvalue weighted by Crippen LogP contribution is -2.31.